The maximum atomic E-state index is 13.5. The van der Waals surface area contributed by atoms with Crippen LogP contribution in [-0.4, -0.2) is 43.6 Å². The van der Waals surface area contributed by atoms with E-state index in [0.717, 1.165) is 31.3 Å². The fraction of sp³-hybridized carbons (Fsp3) is 0.600. The molecule has 1 amide bonds. The molecule has 1 aromatic rings. The first-order valence-corrected chi connectivity index (χ1v) is 12.1. The maximum Gasteiger partial charge on any atom is 0.450 e. The first kappa shape index (κ1) is 27.7. The van der Waals surface area contributed by atoms with E-state index in [-0.39, 0.29) is 5.69 Å². The van der Waals surface area contributed by atoms with Gasteiger partial charge in [0.15, 0.2) is 5.70 Å². The molecule has 0 bridgehead atoms. The number of hydrogen-bond acceptors (Lipinski definition) is 5. The zero-order valence-corrected chi connectivity index (χ0v) is 20.5. The first-order chi connectivity index (χ1) is 16.2. The van der Waals surface area contributed by atoms with Gasteiger partial charge in [-0.1, -0.05) is 64.7 Å². The number of carbonyl (C=O) groups excluding carboxylic acids is 1. The summed E-state index contributed by atoms with van der Waals surface area (Å²) in [6.45, 7) is 3.02. The van der Waals surface area contributed by atoms with Crippen LogP contribution in [0.2, 0.25) is 0 Å². The van der Waals surface area contributed by atoms with Gasteiger partial charge in [-0.3, -0.25) is 9.69 Å². The molecule has 0 unspecified atom stereocenters. The zero-order valence-electron chi connectivity index (χ0n) is 20.5. The molecule has 34 heavy (non-hydrogen) atoms. The van der Waals surface area contributed by atoms with Crippen LogP contribution in [0.1, 0.15) is 71.1 Å². The molecule has 0 aliphatic carbocycles. The van der Waals surface area contributed by atoms with Crippen LogP contribution in [0.5, 0.6) is 0 Å². The lowest BCUT2D eigenvalue weighted by Gasteiger charge is -2.20. The molecule has 0 fully saturated rings. The van der Waals surface area contributed by atoms with E-state index < -0.39 is 23.6 Å². The fourth-order valence-electron chi connectivity index (χ4n) is 3.66. The van der Waals surface area contributed by atoms with Gasteiger partial charge in [0.25, 0.3) is 5.91 Å². The number of amides is 1. The van der Waals surface area contributed by atoms with Crippen molar-refractivity contribution < 1.29 is 22.8 Å². The number of hydrogen-bond donors (Lipinski definition) is 1. The van der Waals surface area contributed by atoms with Gasteiger partial charge in [0.2, 0.25) is 5.84 Å². The van der Waals surface area contributed by atoms with E-state index in [1.54, 1.807) is 26.2 Å². The molecule has 0 saturated heterocycles. The second-order valence-electron chi connectivity index (χ2n) is 8.65. The van der Waals surface area contributed by atoms with Crippen molar-refractivity contribution in [3.63, 3.8) is 0 Å². The number of alkyl halides is 3. The molecule has 0 aromatic heterocycles. The van der Waals surface area contributed by atoms with Crippen LogP contribution >= 0.6 is 0 Å². The summed E-state index contributed by atoms with van der Waals surface area (Å²) in [6.07, 6.45) is 8.73. The molecule has 2 rings (SSSR count). The predicted octanol–water partition coefficient (Wildman–Crippen LogP) is 6.66. The molecular weight excluding hydrogens is 445 g/mol. The van der Waals surface area contributed by atoms with Crippen LogP contribution in [0.25, 0.3) is 0 Å². The van der Waals surface area contributed by atoms with Crippen molar-refractivity contribution in [2.45, 2.75) is 77.3 Å². The lowest BCUT2D eigenvalue weighted by Crippen LogP contribution is -2.41. The largest absolute Gasteiger partial charge is 0.450 e. The van der Waals surface area contributed by atoms with E-state index in [2.05, 4.69) is 17.2 Å². The fourth-order valence-corrected chi connectivity index (χ4v) is 3.66. The second kappa shape index (κ2) is 14.0. The minimum atomic E-state index is -4.78. The molecule has 190 valence electrons. The van der Waals surface area contributed by atoms with E-state index in [1.807, 2.05) is 0 Å². The van der Waals surface area contributed by atoms with Crippen molar-refractivity contribution in [2.75, 3.05) is 30.9 Å². The highest BCUT2D eigenvalue weighted by atomic mass is 19.4. The summed E-state index contributed by atoms with van der Waals surface area (Å²) < 4.78 is 40.5. The van der Waals surface area contributed by atoms with Crippen LogP contribution in [-0.2, 0) is 9.63 Å². The number of carbonyl (C=O) groups is 1. The standard InChI is InChI=1S/C25H37F3N4O2/c1-4-5-6-7-8-9-10-11-12-13-18-29-20-14-16-21(17-15-20)32-23(33)22(19-34-31(2)3)30-24(32)25(26,27)28/h14-17,19,29H,4-13,18H2,1-3H3. The molecule has 1 aliphatic rings. The van der Waals surface area contributed by atoms with E-state index in [4.69, 9.17) is 4.84 Å². The summed E-state index contributed by atoms with van der Waals surface area (Å²) in [6, 6.07) is 6.31. The molecule has 0 atom stereocenters. The number of benzene rings is 1. The van der Waals surface area contributed by atoms with Gasteiger partial charge in [-0.2, -0.15) is 18.2 Å². The Kier molecular flexibility index (Phi) is 11.4. The third-order valence-corrected chi connectivity index (χ3v) is 5.47. The van der Waals surface area contributed by atoms with Gasteiger partial charge in [-0.25, -0.2) is 4.99 Å². The monoisotopic (exact) mass is 482 g/mol. The Labute approximate surface area is 200 Å². The molecule has 6 nitrogen and oxygen atoms in total. The van der Waals surface area contributed by atoms with Crippen molar-refractivity contribution >= 4 is 23.1 Å². The number of rotatable bonds is 15. The lowest BCUT2D eigenvalue weighted by atomic mass is 10.1. The van der Waals surface area contributed by atoms with Crippen molar-refractivity contribution in [3.8, 4) is 0 Å². The topological polar surface area (TPSA) is 57.2 Å². The van der Waals surface area contributed by atoms with Crippen LogP contribution in [0.4, 0.5) is 24.5 Å². The summed E-state index contributed by atoms with van der Waals surface area (Å²) in [5.41, 5.74) is 0.478. The van der Waals surface area contributed by atoms with Gasteiger partial charge in [0.05, 0.1) is 5.69 Å². The zero-order chi connectivity index (χ0) is 25.0. The SMILES string of the molecule is CCCCCCCCCCCCNc1ccc(N2C(=O)C(=CON(C)C)N=C2C(F)(F)F)cc1. The van der Waals surface area contributed by atoms with Crippen molar-refractivity contribution in [1.29, 1.82) is 0 Å². The number of amidine groups is 1. The molecule has 9 heteroatoms. The Balaban J connectivity index is 1.81. The van der Waals surface area contributed by atoms with Crippen LogP contribution < -0.4 is 10.2 Å². The summed E-state index contributed by atoms with van der Waals surface area (Å²) in [5.74, 6) is -2.17. The van der Waals surface area contributed by atoms with Crippen LogP contribution in [0.15, 0.2) is 41.2 Å². The summed E-state index contributed by atoms with van der Waals surface area (Å²) in [5, 5.41) is 4.54. The number of halogens is 3. The number of unbranched alkanes of at least 4 members (excludes halogenated alkanes) is 9. The number of hydroxylamine groups is 2. The Bertz CT molecular complexity index is 820. The van der Waals surface area contributed by atoms with Crippen LogP contribution in [0, 0.1) is 0 Å². The molecule has 1 heterocycles. The third-order valence-electron chi connectivity index (χ3n) is 5.47. The van der Waals surface area contributed by atoms with Crippen molar-refractivity contribution in [1.82, 2.24) is 5.06 Å². The minimum absolute atomic E-state index is 0.0961. The van der Waals surface area contributed by atoms with Gasteiger partial charge >= 0.3 is 6.18 Å². The van der Waals surface area contributed by atoms with Gasteiger partial charge in [0, 0.05) is 26.3 Å². The summed E-state index contributed by atoms with van der Waals surface area (Å²) in [7, 11) is 3.09. The number of nitrogens with zero attached hydrogens (tertiary/aromatic N) is 3. The quantitative estimate of drug-likeness (QED) is 0.131. The maximum absolute atomic E-state index is 13.5. The molecule has 0 radical (unpaired) electrons. The summed E-state index contributed by atoms with van der Waals surface area (Å²) >= 11 is 0. The summed E-state index contributed by atoms with van der Waals surface area (Å²) in [4.78, 5) is 21.6. The van der Waals surface area contributed by atoms with Gasteiger partial charge in [0.1, 0.15) is 6.26 Å². The van der Waals surface area contributed by atoms with Gasteiger partial charge in [-0.15, -0.1) is 0 Å². The molecule has 1 N–H and O–H groups in total. The highest BCUT2D eigenvalue weighted by Gasteiger charge is 2.48. The molecule has 1 aliphatic heterocycles. The molecular formula is C25H37F3N4O2. The Morgan fingerprint density at radius 3 is 2.06 bits per heavy atom. The van der Waals surface area contributed by atoms with E-state index in [1.165, 1.54) is 68.6 Å². The van der Waals surface area contributed by atoms with E-state index >= 15 is 0 Å². The molecule has 1 aromatic carbocycles. The second-order valence-corrected chi connectivity index (χ2v) is 8.65. The third kappa shape index (κ3) is 9.00. The smallest absolute Gasteiger partial charge is 0.412 e. The van der Waals surface area contributed by atoms with Gasteiger partial charge < -0.3 is 10.2 Å². The highest BCUT2D eigenvalue weighted by Crippen LogP contribution is 2.32. The number of nitrogens with one attached hydrogen (secondary N) is 1. The average Bonchev–Trinajstić information content (AvgIpc) is 3.13. The number of anilines is 2. The highest BCUT2D eigenvalue weighted by molar-refractivity contribution is 6.28. The van der Waals surface area contributed by atoms with Crippen molar-refractivity contribution in [2.24, 2.45) is 4.99 Å². The predicted molar refractivity (Wildman–Crippen MR) is 131 cm³/mol. The normalized spacial score (nSPS) is 15.4. The lowest BCUT2D eigenvalue weighted by molar-refractivity contribution is -0.115. The van der Waals surface area contributed by atoms with E-state index in [9.17, 15) is 18.0 Å². The van der Waals surface area contributed by atoms with Crippen molar-refractivity contribution in [3.05, 3.63) is 36.2 Å². The molecule has 0 saturated carbocycles. The van der Waals surface area contributed by atoms with E-state index in [0.29, 0.717) is 4.90 Å². The first-order valence-electron chi connectivity index (χ1n) is 12.1. The van der Waals surface area contributed by atoms with Crippen LogP contribution in [0.3, 0.4) is 0 Å². The Hall–Kier alpha value is -2.55. The Morgan fingerprint density at radius 1 is 0.971 bits per heavy atom. The minimum Gasteiger partial charge on any atom is -0.412 e. The average molecular weight is 483 g/mol. The van der Waals surface area contributed by atoms with Gasteiger partial charge in [-0.05, 0) is 30.7 Å². The Morgan fingerprint density at radius 2 is 1.53 bits per heavy atom. The molecule has 0 spiro atoms. The number of aliphatic imine (C=N–C) groups is 1.